The van der Waals surface area contributed by atoms with Crippen LogP contribution in [0, 0.1) is 16.0 Å². The minimum absolute atomic E-state index is 0.174. The van der Waals surface area contributed by atoms with Gasteiger partial charge in [-0.25, -0.2) is 9.97 Å². The summed E-state index contributed by atoms with van der Waals surface area (Å²) < 4.78 is 16.7. The number of anilines is 1. The second kappa shape index (κ2) is 9.19. The van der Waals surface area contributed by atoms with Gasteiger partial charge in [0.15, 0.2) is 10.6 Å². The summed E-state index contributed by atoms with van der Waals surface area (Å²) in [4.78, 5) is 34.1. The molecule has 3 rings (SSSR count). The molecular weight excluding hydrogens is 396 g/mol. The maximum atomic E-state index is 11.9. The Bertz CT molecular complexity index is 883. The molecule has 10 heteroatoms. The average Bonchev–Trinajstić information content (AvgIpc) is 2.73. The fraction of sp³-hybridized carbons (Fsp3) is 0.421. The molecule has 29 heavy (non-hydrogen) atoms. The zero-order valence-corrected chi connectivity index (χ0v) is 17.1. The number of piperidine rings is 1. The van der Waals surface area contributed by atoms with Gasteiger partial charge in [-0.3, -0.25) is 14.9 Å². The van der Waals surface area contributed by atoms with Crippen molar-refractivity contribution in [2.45, 2.75) is 24.7 Å². The van der Waals surface area contributed by atoms with Gasteiger partial charge < -0.3 is 14.2 Å². The molecule has 1 atom stereocenters. The van der Waals surface area contributed by atoms with Crippen LogP contribution in [0.15, 0.2) is 35.5 Å². The van der Waals surface area contributed by atoms with Crippen LogP contribution in [0.2, 0.25) is 0 Å². The summed E-state index contributed by atoms with van der Waals surface area (Å²) in [5.74, 6) is -0.182. The summed E-state index contributed by atoms with van der Waals surface area (Å²) in [6.45, 7) is 3.04. The van der Waals surface area contributed by atoms with Crippen LogP contribution in [-0.2, 0) is 20.7 Å². The summed E-state index contributed by atoms with van der Waals surface area (Å²) in [6, 6.07) is 6.68. The SMILES string of the molecule is CCOC(=O)C1CCN(c2ncnc(-c3ccc([S+](C)[O-])cc3)c2[N+](=O)[O-])CC1. The number of hydrogen-bond acceptors (Lipinski definition) is 8. The van der Waals surface area contributed by atoms with Crippen LogP contribution >= 0.6 is 0 Å². The van der Waals surface area contributed by atoms with Crippen LogP contribution in [0.25, 0.3) is 11.3 Å². The molecular formula is C19H22N4O5S. The maximum Gasteiger partial charge on any atom is 0.337 e. The topological polar surface area (TPSA) is 122 Å². The molecule has 154 valence electrons. The van der Waals surface area contributed by atoms with Crippen molar-refractivity contribution in [3.05, 3.63) is 40.7 Å². The van der Waals surface area contributed by atoms with Crippen molar-refractivity contribution in [3.63, 3.8) is 0 Å². The largest absolute Gasteiger partial charge is 0.612 e. The van der Waals surface area contributed by atoms with E-state index in [9.17, 15) is 19.5 Å². The number of esters is 1. The molecule has 2 heterocycles. The normalized spacial score (nSPS) is 15.8. The third kappa shape index (κ3) is 4.65. The third-order valence-corrected chi connectivity index (χ3v) is 5.80. The molecule has 1 aliphatic rings. The Hall–Kier alpha value is -2.72. The fourth-order valence-corrected chi connectivity index (χ4v) is 3.89. The molecule has 1 unspecified atom stereocenters. The highest BCUT2D eigenvalue weighted by Crippen LogP contribution is 2.36. The van der Waals surface area contributed by atoms with Gasteiger partial charge in [-0.1, -0.05) is 0 Å². The van der Waals surface area contributed by atoms with Crippen LogP contribution < -0.4 is 4.90 Å². The van der Waals surface area contributed by atoms with Crippen molar-refractivity contribution in [1.82, 2.24) is 9.97 Å². The number of carbonyl (C=O) groups is 1. The van der Waals surface area contributed by atoms with E-state index in [0.717, 1.165) is 0 Å². The lowest BCUT2D eigenvalue weighted by molar-refractivity contribution is -0.383. The van der Waals surface area contributed by atoms with Gasteiger partial charge in [0.05, 0.1) is 17.4 Å². The highest BCUT2D eigenvalue weighted by atomic mass is 32.2. The molecule has 0 N–H and O–H groups in total. The number of carbonyl (C=O) groups excluding carboxylic acids is 1. The standard InChI is InChI=1S/C19H22N4O5S/c1-3-28-19(24)14-8-10-22(11-9-14)18-17(23(25)26)16(20-12-21-18)13-4-6-15(7-5-13)29(2)27/h4-7,12,14H,3,8-11H2,1-2H3. The maximum absolute atomic E-state index is 11.9. The third-order valence-electron chi connectivity index (χ3n) is 4.86. The minimum Gasteiger partial charge on any atom is -0.612 e. The van der Waals surface area contributed by atoms with Crippen LogP contribution in [0.5, 0.6) is 0 Å². The quantitative estimate of drug-likeness (QED) is 0.304. The lowest BCUT2D eigenvalue weighted by Crippen LogP contribution is -2.37. The van der Waals surface area contributed by atoms with Gasteiger partial charge in [0.1, 0.15) is 12.6 Å². The predicted molar refractivity (Wildman–Crippen MR) is 108 cm³/mol. The van der Waals surface area contributed by atoms with Crippen molar-refractivity contribution in [2.75, 3.05) is 30.9 Å². The number of hydrogen-bond donors (Lipinski definition) is 0. The summed E-state index contributed by atoms with van der Waals surface area (Å²) in [6.07, 6.45) is 3.97. The molecule has 9 nitrogen and oxygen atoms in total. The molecule has 0 aliphatic carbocycles. The van der Waals surface area contributed by atoms with Crippen LogP contribution in [0.4, 0.5) is 11.5 Å². The van der Waals surface area contributed by atoms with Gasteiger partial charge in [0.2, 0.25) is 5.82 Å². The summed E-state index contributed by atoms with van der Waals surface area (Å²) in [5, 5.41) is 11.9. The summed E-state index contributed by atoms with van der Waals surface area (Å²) in [5.41, 5.74) is 0.587. The van der Waals surface area contributed by atoms with E-state index in [1.807, 2.05) is 4.90 Å². The molecule has 0 saturated carbocycles. The van der Waals surface area contributed by atoms with E-state index in [0.29, 0.717) is 43.0 Å². The number of benzene rings is 1. The predicted octanol–water partition coefficient (Wildman–Crippen LogP) is 2.57. The summed E-state index contributed by atoms with van der Waals surface area (Å²) in [7, 11) is 0. The Kier molecular flexibility index (Phi) is 6.65. The van der Waals surface area contributed by atoms with E-state index in [4.69, 9.17) is 4.74 Å². The van der Waals surface area contributed by atoms with Crippen molar-refractivity contribution >= 4 is 28.7 Å². The minimum atomic E-state index is -1.14. The average molecular weight is 418 g/mol. The van der Waals surface area contributed by atoms with Gasteiger partial charge in [-0.05, 0) is 55.2 Å². The second-order valence-corrected chi connectivity index (χ2v) is 8.02. The molecule has 1 saturated heterocycles. The molecule has 0 spiro atoms. The van der Waals surface area contributed by atoms with E-state index in [1.54, 1.807) is 37.4 Å². The van der Waals surface area contributed by atoms with E-state index < -0.39 is 16.1 Å². The number of nitrogens with zero attached hydrogens (tertiary/aromatic N) is 4. The monoisotopic (exact) mass is 418 g/mol. The Labute approximate surface area is 171 Å². The zero-order chi connectivity index (χ0) is 21.0. The fourth-order valence-electron chi connectivity index (χ4n) is 3.37. The van der Waals surface area contributed by atoms with Crippen LogP contribution in [0.3, 0.4) is 0 Å². The first kappa shape index (κ1) is 21.0. The highest BCUT2D eigenvalue weighted by Gasteiger charge is 2.32. The number of nitro groups is 1. The van der Waals surface area contributed by atoms with Gasteiger partial charge in [0.25, 0.3) is 0 Å². The molecule has 0 amide bonds. The lowest BCUT2D eigenvalue weighted by Gasteiger charge is -2.31. The molecule has 1 aromatic heterocycles. The molecule has 1 aromatic carbocycles. The Balaban J connectivity index is 1.88. The first-order valence-corrected chi connectivity index (χ1v) is 10.8. The van der Waals surface area contributed by atoms with Gasteiger partial charge >= 0.3 is 11.7 Å². The van der Waals surface area contributed by atoms with E-state index in [1.165, 1.54) is 6.33 Å². The first-order chi connectivity index (χ1) is 13.9. The Morgan fingerprint density at radius 3 is 2.48 bits per heavy atom. The highest BCUT2D eigenvalue weighted by molar-refractivity contribution is 7.90. The first-order valence-electron chi connectivity index (χ1n) is 9.27. The molecule has 1 fully saturated rings. The lowest BCUT2D eigenvalue weighted by atomic mass is 9.97. The van der Waals surface area contributed by atoms with E-state index >= 15 is 0 Å². The van der Waals surface area contributed by atoms with Crippen molar-refractivity contribution < 1.29 is 19.0 Å². The van der Waals surface area contributed by atoms with E-state index in [-0.39, 0.29) is 29.1 Å². The smallest absolute Gasteiger partial charge is 0.337 e. The van der Waals surface area contributed by atoms with Gasteiger partial charge in [0, 0.05) is 18.7 Å². The second-order valence-electron chi connectivity index (χ2n) is 6.64. The van der Waals surface area contributed by atoms with Crippen molar-refractivity contribution in [3.8, 4) is 11.3 Å². The molecule has 0 radical (unpaired) electrons. The molecule has 2 aromatic rings. The Morgan fingerprint density at radius 2 is 1.93 bits per heavy atom. The molecule has 0 bridgehead atoms. The summed E-state index contributed by atoms with van der Waals surface area (Å²) >= 11 is -1.14. The van der Waals surface area contributed by atoms with Crippen LogP contribution in [0.1, 0.15) is 19.8 Å². The zero-order valence-electron chi connectivity index (χ0n) is 16.2. The van der Waals surface area contributed by atoms with Crippen molar-refractivity contribution in [2.24, 2.45) is 5.92 Å². The van der Waals surface area contributed by atoms with Gasteiger partial charge in [-0.2, -0.15) is 0 Å². The van der Waals surface area contributed by atoms with Crippen LogP contribution in [-0.4, -0.2) is 51.4 Å². The van der Waals surface area contributed by atoms with Gasteiger partial charge in [-0.15, -0.1) is 0 Å². The molecule has 1 aliphatic heterocycles. The van der Waals surface area contributed by atoms with Crippen molar-refractivity contribution in [1.29, 1.82) is 0 Å². The Morgan fingerprint density at radius 1 is 1.28 bits per heavy atom. The number of rotatable bonds is 6. The number of ether oxygens (including phenoxy) is 1. The van der Waals surface area contributed by atoms with E-state index in [2.05, 4.69) is 9.97 Å². The number of aromatic nitrogens is 2.